The largest absolute Gasteiger partial charge is 0.372 e. The molecule has 0 heterocycles. The van der Waals surface area contributed by atoms with Crippen molar-refractivity contribution in [3.05, 3.63) is 102 Å². The van der Waals surface area contributed by atoms with Gasteiger partial charge in [0.15, 0.2) is 0 Å². The summed E-state index contributed by atoms with van der Waals surface area (Å²) < 4.78 is 0. The van der Waals surface area contributed by atoms with Crippen molar-refractivity contribution >= 4 is 5.69 Å². The van der Waals surface area contributed by atoms with Gasteiger partial charge in [0.2, 0.25) is 0 Å². The Balaban J connectivity index is 2.20. The van der Waals surface area contributed by atoms with Crippen LogP contribution in [0.5, 0.6) is 0 Å². The van der Waals surface area contributed by atoms with E-state index in [0.29, 0.717) is 12.8 Å². The lowest BCUT2D eigenvalue weighted by Crippen LogP contribution is -2.37. The standard InChI is InChI=1S/C23H22N2/c1-19-11-8-9-16-22(19)23(17-10-18-24,20-12-4-2-5-13-20)25-21-14-6-3-7-15-21/h2-9,11-16,25H,10,17H2,1H3. The molecule has 0 aliphatic heterocycles. The van der Waals surface area contributed by atoms with Crippen LogP contribution in [0.4, 0.5) is 5.69 Å². The van der Waals surface area contributed by atoms with Gasteiger partial charge < -0.3 is 5.32 Å². The second-order valence-corrected chi connectivity index (χ2v) is 6.24. The number of nitrogens with one attached hydrogen (secondary N) is 1. The molecule has 0 amide bonds. The van der Waals surface area contributed by atoms with Crippen molar-refractivity contribution < 1.29 is 0 Å². The van der Waals surface area contributed by atoms with Gasteiger partial charge in [-0.2, -0.15) is 5.26 Å². The van der Waals surface area contributed by atoms with Gasteiger partial charge in [0.05, 0.1) is 11.6 Å². The predicted octanol–water partition coefficient (Wildman–Crippen LogP) is 5.65. The minimum atomic E-state index is -0.441. The maximum absolute atomic E-state index is 9.28. The fraction of sp³-hybridized carbons (Fsp3) is 0.174. The fourth-order valence-electron chi connectivity index (χ4n) is 3.42. The normalized spacial score (nSPS) is 12.8. The Hall–Kier alpha value is -3.05. The van der Waals surface area contributed by atoms with E-state index in [1.807, 2.05) is 24.3 Å². The van der Waals surface area contributed by atoms with Crippen LogP contribution < -0.4 is 5.32 Å². The zero-order valence-electron chi connectivity index (χ0n) is 14.4. The van der Waals surface area contributed by atoms with Crippen LogP contribution >= 0.6 is 0 Å². The number of hydrogen-bond acceptors (Lipinski definition) is 2. The third kappa shape index (κ3) is 3.56. The summed E-state index contributed by atoms with van der Waals surface area (Å²) in [6, 6.07) is 31.4. The summed E-state index contributed by atoms with van der Waals surface area (Å²) in [4.78, 5) is 0. The topological polar surface area (TPSA) is 35.8 Å². The van der Waals surface area contributed by atoms with Gasteiger partial charge in [-0.3, -0.25) is 0 Å². The lowest BCUT2D eigenvalue weighted by molar-refractivity contribution is 0.541. The average Bonchev–Trinajstić information content (AvgIpc) is 2.67. The summed E-state index contributed by atoms with van der Waals surface area (Å²) in [7, 11) is 0. The van der Waals surface area contributed by atoms with Gasteiger partial charge in [-0.15, -0.1) is 0 Å². The molecule has 1 atom stereocenters. The Bertz CT molecular complexity index is 850. The van der Waals surface area contributed by atoms with Gasteiger partial charge in [-0.1, -0.05) is 72.8 Å². The number of hydrogen-bond donors (Lipinski definition) is 1. The summed E-state index contributed by atoms with van der Waals surface area (Å²) in [5.41, 5.74) is 4.20. The molecule has 1 unspecified atom stereocenters. The first kappa shape index (κ1) is 16.8. The lowest BCUT2D eigenvalue weighted by Gasteiger charge is -2.38. The lowest BCUT2D eigenvalue weighted by atomic mass is 9.77. The molecule has 3 aromatic carbocycles. The van der Waals surface area contributed by atoms with Crippen LogP contribution in [0.3, 0.4) is 0 Å². The molecule has 3 aromatic rings. The summed E-state index contributed by atoms with van der Waals surface area (Å²) in [6.45, 7) is 2.13. The molecule has 25 heavy (non-hydrogen) atoms. The number of anilines is 1. The molecular weight excluding hydrogens is 304 g/mol. The average molecular weight is 326 g/mol. The molecule has 1 N–H and O–H groups in total. The highest BCUT2D eigenvalue weighted by atomic mass is 15.0. The van der Waals surface area contributed by atoms with Crippen molar-refractivity contribution in [1.82, 2.24) is 0 Å². The number of rotatable bonds is 6. The van der Waals surface area contributed by atoms with E-state index in [1.165, 1.54) is 16.7 Å². The Kier molecular flexibility index (Phi) is 5.16. The van der Waals surface area contributed by atoms with Crippen molar-refractivity contribution in [2.24, 2.45) is 0 Å². The molecule has 0 saturated carbocycles. The predicted molar refractivity (Wildman–Crippen MR) is 103 cm³/mol. The molecule has 0 aliphatic carbocycles. The van der Waals surface area contributed by atoms with Crippen LogP contribution in [0.15, 0.2) is 84.9 Å². The third-order valence-electron chi connectivity index (χ3n) is 4.61. The van der Waals surface area contributed by atoms with Crippen molar-refractivity contribution in [3.63, 3.8) is 0 Å². The minimum absolute atomic E-state index is 0.441. The molecular formula is C23H22N2. The van der Waals surface area contributed by atoms with Crippen molar-refractivity contribution in [3.8, 4) is 6.07 Å². The van der Waals surface area contributed by atoms with Gasteiger partial charge in [0, 0.05) is 12.1 Å². The Morgan fingerprint density at radius 2 is 1.44 bits per heavy atom. The molecule has 3 rings (SSSR count). The molecule has 0 aliphatic rings. The Morgan fingerprint density at radius 3 is 2.08 bits per heavy atom. The summed E-state index contributed by atoms with van der Waals surface area (Å²) in [5, 5.41) is 13.0. The van der Waals surface area contributed by atoms with E-state index in [1.54, 1.807) is 0 Å². The van der Waals surface area contributed by atoms with Crippen LogP contribution in [0.1, 0.15) is 29.5 Å². The molecule has 0 spiro atoms. The highest BCUT2D eigenvalue weighted by molar-refractivity contribution is 5.55. The van der Waals surface area contributed by atoms with E-state index in [0.717, 1.165) is 5.69 Å². The number of para-hydroxylation sites is 1. The molecule has 0 bridgehead atoms. The van der Waals surface area contributed by atoms with Crippen LogP contribution in [-0.2, 0) is 5.54 Å². The monoisotopic (exact) mass is 326 g/mol. The van der Waals surface area contributed by atoms with Crippen molar-refractivity contribution in [1.29, 1.82) is 5.26 Å². The van der Waals surface area contributed by atoms with E-state index in [9.17, 15) is 5.26 Å². The molecule has 124 valence electrons. The highest BCUT2D eigenvalue weighted by Crippen LogP contribution is 2.39. The molecule has 2 nitrogen and oxygen atoms in total. The van der Waals surface area contributed by atoms with Gasteiger partial charge in [-0.25, -0.2) is 0 Å². The van der Waals surface area contributed by atoms with Crippen molar-refractivity contribution in [2.75, 3.05) is 5.32 Å². The first-order chi connectivity index (χ1) is 12.3. The molecule has 0 saturated heterocycles. The van der Waals surface area contributed by atoms with Crippen molar-refractivity contribution in [2.45, 2.75) is 25.3 Å². The Morgan fingerprint density at radius 1 is 0.840 bits per heavy atom. The van der Waals surface area contributed by atoms with Crippen LogP contribution in [-0.4, -0.2) is 0 Å². The van der Waals surface area contributed by atoms with Gasteiger partial charge >= 0.3 is 0 Å². The second kappa shape index (κ2) is 7.68. The quantitative estimate of drug-likeness (QED) is 0.635. The van der Waals surface area contributed by atoms with E-state index in [-0.39, 0.29) is 0 Å². The number of aryl methyl sites for hydroxylation is 1. The molecule has 0 fully saturated rings. The maximum Gasteiger partial charge on any atom is 0.0891 e. The zero-order chi connectivity index (χ0) is 17.5. The number of benzene rings is 3. The first-order valence-electron chi connectivity index (χ1n) is 8.58. The highest BCUT2D eigenvalue weighted by Gasteiger charge is 2.35. The second-order valence-electron chi connectivity index (χ2n) is 6.24. The van der Waals surface area contributed by atoms with E-state index >= 15 is 0 Å². The van der Waals surface area contributed by atoms with E-state index < -0.39 is 5.54 Å². The zero-order valence-corrected chi connectivity index (χ0v) is 14.4. The maximum atomic E-state index is 9.28. The molecule has 2 heteroatoms. The number of nitriles is 1. The van der Waals surface area contributed by atoms with Crippen LogP contribution in [0.2, 0.25) is 0 Å². The first-order valence-corrected chi connectivity index (χ1v) is 8.58. The summed E-state index contributed by atoms with van der Waals surface area (Å²) in [6.07, 6.45) is 1.18. The minimum Gasteiger partial charge on any atom is -0.372 e. The third-order valence-corrected chi connectivity index (χ3v) is 4.61. The van der Waals surface area contributed by atoms with Gasteiger partial charge in [-0.05, 0) is 42.2 Å². The number of nitrogens with zero attached hydrogens (tertiary/aromatic N) is 1. The van der Waals surface area contributed by atoms with Gasteiger partial charge in [0.1, 0.15) is 0 Å². The van der Waals surface area contributed by atoms with Gasteiger partial charge in [0.25, 0.3) is 0 Å². The summed E-state index contributed by atoms with van der Waals surface area (Å²) in [5.74, 6) is 0. The fourth-order valence-corrected chi connectivity index (χ4v) is 3.42. The molecule has 0 aromatic heterocycles. The Labute approximate surface area is 149 Å². The SMILES string of the molecule is Cc1ccccc1C(CCC#N)(Nc1ccccc1)c1ccccc1. The summed E-state index contributed by atoms with van der Waals surface area (Å²) >= 11 is 0. The van der Waals surface area contributed by atoms with E-state index in [2.05, 4.69) is 79.0 Å². The van der Waals surface area contributed by atoms with E-state index in [4.69, 9.17) is 0 Å². The smallest absolute Gasteiger partial charge is 0.0891 e. The van der Waals surface area contributed by atoms with Crippen LogP contribution in [0, 0.1) is 18.3 Å². The van der Waals surface area contributed by atoms with Crippen LogP contribution in [0.25, 0.3) is 0 Å². The molecule has 0 radical (unpaired) electrons.